The lowest BCUT2D eigenvalue weighted by Crippen LogP contribution is -2.24. The lowest BCUT2D eigenvalue weighted by molar-refractivity contribution is 0.0950. The standard InChI is InChI=1S/C19H18BrN3O/c1-2-23-18(17(20)12-22-23)13-21-19(24)16-10-8-15(9-11-16)14-6-4-3-5-7-14/h3-12H,2,13H2,1H3,(H,21,24). The number of hydrogen-bond donors (Lipinski definition) is 1. The van der Waals surface area contributed by atoms with Gasteiger partial charge in [0.25, 0.3) is 5.91 Å². The van der Waals surface area contributed by atoms with Crippen LogP contribution < -0.4 is 5.32 Å². The molecule has 0 aliphatic carbocycles. The second kappa shape index (κ2) is 7.45. The van der Waals surface area contributed by atoms with E-state index in [2.05, 4.69) is 38.5 Å². The number of amides is 1. The summed E-state index contributed by atoms with van der Waals surface area (Å²) in [5.41, 5.74) is 3.85. The molecule has 122 valence electrons. The molecule has 3 rings (SSSR count). The highest BCUT2D eigenvalue weighted by molar-refractivity contribution is 9.10. The minimum Gasteiger partial charge on any atom is -0.346 e. The van der Waals surface area contributed by atoms with Crippen LogP contribution in [0.3, 0.4) is 0 Å². The molecule has 5 heteroatoms. The molecule has 1 N–H and O–H groups in total. The fourth-order valence-corrected chi connectivity index (χ4v) is 2.98. The Balaban J connectivity index is 1.68. The van der Waals surface area contributed by atoms with Crippen LogP contribution in [0.15, 0.2) is 65.3 Å². The molecule has 0 atom stereocenters. The first-order valence-corrected chi connectivity index (χ1v) is 8.62. The van der Waals surface area contributed by atoms with Crippen molar-refractivity contribution >= 4 is 21.8 Å². The number of aryl methyl sites for hydroxylation is 1. The van der Waals surface area contributed by atoms with Gasteiger partial charge in [0.05, 0.1) is 22.9 Å². The van der Waals surface area contributed by atoms with E-state index in [0.29, 0.717) is 12.1 Å². The first-order valence-electron chi connectivity index (χ1n) is 7.83. The molecule has 1 amide bonds. The summed E-state index contributed by atoms with van der Waals surface area (Å²) in [5.74, 6) is -0.0923. The SMILES string of the molecule is CCn1ncc(Br)c1CNC(=O)c1ccc(-c2ccccc2)cc1. The highest BCUT2D eigenvalue weighted by atomic mass is 79.9. The van der Waals surface area contributed by atoms with Crippen LogP contribution >= 0.6 is 15.9 Å². The smallest absolute Gasteiger partial charge is 0.251 e. The van der Waals surface area contributed by atoms with Crippen LogP contribution in [0.5, 0.6) is 0 Å². The molecule has 1 aromatic heterocycles. The molecule has 0 aliphatic heterocycles. The molecule has 0 spiro atoms. The number of halogens is 1. The molecule has 1 heterocycles. The average molecular weight is 384 g/mol. The van der Waals surface area contributed by atoms with E-state index in [1.54, 1.807) is 6.20 Å². The van der Waals surface area contributed by atoms with Crippen LogP contribution in [0.2, 0.25) is 0 Å². The summed E-state index contributed by atoms with van der Waals surface area (Å²) < 4.78 is 2.77. The second-order valence-corrected chi connectivity index (χ2v) is 6.24. The minimum atomic E-state index is -0.0923. The zero-order chi connectivity index (χ0) is 16.9. The van der Waals surface area contributed by atoms with E-state index in [1.165, 1.54) is 0 Å². The van der Waals surface area contributed by atoms with Crippen LogP contribution in [0.25, 0.3) is 11.1 Å². The van der Waals surface area contributed by atoms with Crippen molar-refractivity contribution < 1.29 is 4.79 Å². The number of hydrogen-bond acceptors (Lipinski definition) is 2. The first kappa shape index (κ1) is 16.5. The zero-order valence-electron chi connectivity index (χ0n) is 13.4. The summed E-state index contributed by atoms with van der Waals surface area (Å²) in [6.45, 7) is 3.23. The quantitative estimate of drug-likeness (QED) is 0.715. The summed E-state index contributed by atoms with van der Waals surface area (Å²) in [7, 11) is 0. The molecule has 0 fully saturated rings. The zero-order valence-corrected chi connectivity index (χ0v) is 15.0. The maximum Gasteiger partial charge on any atom is 0.251 e. The molecule has 0 aliphatic rings. The summed E-state index contributed by atoms with van der Waals surface area (Å²) in [6.07, 6.45) is 1.75. The third-order valence-electron chi connectivity index (χ3n) is 3.87. The van der Waals surface area contributed by atoms with E-state index in [0.717, 1.165) is 27.8 Å². The Morgan fingerprint density at radius 2 is 1.75 bits per heavy atom. The predicted octanol–water partition coefficient (Wildman–Crippen LogP) is 4.26. The van der Waals surface area contributed by atoms with Crippen LogP contribution in [0.1, 0.15) is 23.0 Å². The Morgan fingerprint density at radius 3 is 2.42 bits per heavy atom. The Morgan fingerprint density at radius 1 is 1.08 bits per heavy atom. The van der Waals surface area contributed by atoms with Gasteiger partial charge in [-0.2, -0.15) is 5.10 Å². The van der Waals surface area contributed by atoms with E-state index < -0.39 is 0 Å². The number of nitrogens with zero attached hydrogens (tertiary/aromatic N) is 2. The van der Waals surface area contributed by atoms with Crippen molar-refractivity contribution in [2.75, 3.05) is 0 Å². The lowest BCUT2D eigenvalue weighted by atomic mass is 10.0. The number of aromatic nitrogens is 2. The average Bonchev–Trinajstić information content (AvgIpc) is 3.00. The molecule has 2 aromatic carbocycles. The largest absolute Gasteiger partial charge is 0.346 e. The van der Waals surface area contributed by atoms with Gasteiger partial charge in [-0.1, -0.05) is 42.5 Å². The molecule has 0 radical (unpaired) electrons. The number of benzene rings is 2. The number of carbonyl (C=O) groups is 1. The van der Waals surface area contributed by atoms with Gasteiger partial charge in [0, 0.05) is 12.1 Å². The first-order chi connectivity index (χ1) is 11.7. The van der Waals surface area contributed by atoms with Gasteiger partial charge in [-0.15, -0.1) is 0 Å². The number of carbonyl (C=O) groups excluding carboxylic acids is 1. The van der Waals surface area contributed by atoms with Gasteiger partial charge in [0.1, 0.15) is 0 Å². The van der Waals surface area contributed by atoms with Gasteiger partial charge in [-0.05, 0) is 46.1 Å². The summed E-state index contributed by atoms with van der Waals surface area (Å²) >= 11 is 3.47. The third-order valence-corrected chi connectivity index (χ3v) is 4.53. The van der Waals surface area contributed by atoms with Gasteiger partial charge >= 0.3 is 0 Å². The van der Waals surface area contributed by atoms with E-state index in [1.807, 2.05) is 54.1 Å². The van der Waals surface area contributed by atoms with Crippen LogP contribution in [0.4, 0.5) is 0 Å². The highest BCUT2D eigenvalue weighted by Gasteiger charge is 2.10. The summed E-state index contributed by atoms with van der Waals surface area (Å²) in [4.78, 5) is 12.3. The fourth-order valence-electron chi connectivity index (χ4n) is 2.55. The molecular formula is C19H18BrN3O. The van der Waals surface area contributed by atoms with Crippen molar-refractivity contribution in [3.63, 3.8) is 0 Å². The molecule has 0 bridgehead atoms. The molecule has 0 saturated heterocycles. The molecule has 0 unspecified atom stereocenters. The summed E-state index contributed by atoms with van der Waals surface area (Å²) in [6, 6.07) is 17.7. The molecular weight excluding hydrogens is 366 g/mol. The third kappa shape index (κ3) is 3.57. The second-order valence-electron chi connectivity index (χ2n) is 5.38. The Hall–Kier alpha value is -2.40. The van der Waals surface area contributed by atoms with Crippen molar-refractivity contribution in [1.82, 2.24) is 15.1 Å². The maximum absolute atomic E-state index is 12.3. The van der Waals surface area contributed by atoms with Crippen molar-refractivity contribution in [2.45, 2.75) is 20.0 Å². The van der Waals surface area contributed by atoms with E-state index in [-0.39, 0.29) is 5.91 Å². The van der Waals surface area contributed by atoms with Crippen molar-refractivity contribution in [2.24, 2.45) is 0 Å². The van der Waals surface area contributed by atoms with E-state index in [4.69, 9.17) is 0 Å². The lowest BCUT2D eigenvalue weighted by Gasteiger charge is -2.09. The molecule has 4 nitrogen and oxygen atoms in total. The number of rotatable bonds is 5. The van der Waals surface area contributed by atoms with Crippen LogP contribution in [0, 0.1) is 0 Å². The monoisotopic (exact) mass is 383 g/mol. The molecule has 24 heavy (non-hydrogen) atoms. The molecule has 0 saturated carbocycles. The fraction of sp³-hybridized carbons (Fsp3) is 0.158. The highest BCUT2D eigenvalue weighted by Crippen LogP contribution is 2.19. The van der Waals surface area contributed by atoms with Gasteiger partial charge in [0.2, 0.25) is 0 Å². The minimum absolute atomic E-state index is 0.0923. The topological polar surface area (TPSA) is 46.9 Å². The maximum atomic E-state index is 12.3. The normalized spacial score (nSPS) is 10.6. The van der Waals surface area contributed by atoms with Gasteiger partial charge in [0.15, 0.2) is 0 Å². The predicted molar refractivity (Wildman–Crippen MR) is 98.6 cm³/mol. The van der Waals surface area contributed by atoms with Crippen LogP contribution in [-0.2, 0) is 13.1 Å². The van der Waals surface area contributed by atoms with Gasteiger partial charge < -0.3 is 5.32 Å². The molecule has 3 aromatic rings. The van der Waals surface area contributed by atoms with Crippen LogP contribution in [-0.4, -0.2) is 15.7 Å². The van der Waals surface area contributed by atoms with E-state index in [9.17, 15) is 4.79 Å². The summed E-state index contributed by atoms with van der Waals surface area (Å²) in [5, 5.41) is 7.19. The van der Waals surface area contributed by atoms with Crippen molar-refractivity contribution in [3.8, 4) is 11.1 Å². The van der Waals surface area contributed by atoms with E-state index >= 15 is 0 Å². The van der Waals surface area contributed by atoms with Crippen molar-refractivity contribution in [3.05, 3.63) is 76.5 Å². The Kier molecular flexibility index (Phi) is 5.11. The van der Waals surface area contributed by atoms with Gasteiger partial charge in [-0.3, -0.25) is 9.48 Å². The van der Waals surface area contributed by atoms with Crippen molar-refractivity contribution in [1.29, 1.82) is 0 Å². The Labute approximate surface area is 149 Å². The number of nitrogens with one attached hydrogen (secondary N) is 1. The Bertz CT molecular complexity index is 826. The van der Waals surface area contributed by atoms with Gasteiger partial charge in [-0.25, -0.2) is 0 Å².